The van der Waals surface area contributed by atoms with E-state index in [9.17, 15) is 10.4 Å². The lowest BCUT2D eigenvalue weighted by Gasteiger charge is -2.35. The number of nitriles is 1. The predicted octanol–water partition coefficient (Wildman–Crippen LogP) is 2.90. The van der Waals surface area contributed by atoms with Crippen molar-refractivity contribution in [3.05, 3.63) is 59.8 Å². The molecule has 1 N–H and O–H groups in total. The topological polar surface area (TPSA) is 60.2 Å². The van der Waals surface area contributed by atoms with Crippen molar-refractivity contribution < 1.29 is 5.11 Å². The summed E-state index contributed by atoms with van der Waals surface area (Å²) in [4.78, 5) is 6.49. The highest BCUT2D eigenvalue weighted by Crippen LogP contribution is 2.32. The average molecular weight is 293 g/mol. The molecule has 0 saturated carbocycles. The number of aliphatic hydroxyl groups excluding tert-OH is 1. The molecule has 2 heterocycles. The Morgan fingerprint density at radius 2 is 1.86 bits per heavy atom. The molecule has 1 saturated heterocycles. The number of hydrogen-bond acceptors (Lipinski definition) is 4. The molecule has 1 aliphatic rings. The minimum atomic E-state index is -0.414. The van der Waals surface area contributed by atoms with Gasteiger partial charge in [0.25, 0.3) is 0 Å². The molecule has 1 fully saturated rings. The molecule has 1 atom stereocenters. The number of aromatic nitrogens is 1. The van der Waals surface area contributed by atoms with E-state index in [1.807, 2.05) is 30.3 Å². The molecule has 0 aliphatic carbocycles. The van der Waals surface area contributed by atoms with Gasteiger partial charge in [0.2, 0.25) is 0 Å². The lowest BCUT2D eigenvalue weighted by molar-refractivity contribution is 0.0929. The van der Waals surface area contributed by atoms with Gasteiger partial charge in [-0.05, 0) is 36.5 Å². The second-order valence-corrected chi connectivity index (χ2v) is 5.67. The van der Waals surface area contributed by atoms with Crippen molar-refractivity contribution in [2.24, 2.45) is 5.92 Å². The third-order valence-corrected chi connectivity index (χ3v) is 4.33. The van der Waals surface area contributed by atoms with E-state index in [4.69, 9.17) is 0 Å². The molecule has 2 aromatic rings. The number of piperidine rings is 1. The van der Waals surface area contributed by atoms with Crippen LogP contribution in [0, 0.1) is 17.2 Å². The van der Waals surface area contributed by atoms with E-state index >= 15 is 0 Å². The quantitative estimate of drug-likeness (QED) is 0.945. The van der Waals surface area contributed by atoms with Crippen molar-refractivity contribution in [2.75, 3.05) is 18.0 Å². The zero-order chi connectivity index (χ0) is 15.4. The minimum absolute atomic E-state index is 0.257. The number of benzene rings is 1. The molecule has 112 valence electrons. The summed E-state index contributed by atoms with van der Waals surface area (Å²) < 4.78 is 0. The second-order valence-electron chi connectivity index (χ2n) is 5.67. The highest BCUT2D eigenvalue weighted by atomic mass is 16.3. The summed E-state index contributed by atoms with van der Waals surface area (Å²) in [5.74, 6) is 1.02. The molecule has 4 heteroatoms. The highest BCUT2D eigenvalue weighted by molar-refractivity contribution is 5.53. The Hall–Kier alpha value is -2.38. The van der Waals surface area contributed by atoms with Crippen LogP contribution in [-0.2, 0) is 0 Å². The van der Waals surface area contributed by atoms with Gasteiger partial charge in [0.15, 0.2) is 0 Å². The molecular weight excluding hydrogens is 274 g/mol. The molecule has 3 rings (SSSR count). The van der Waals surface area contributed by atoms with Crippen molar-refractivity contribution in [1.82, 2.24) is 4.98 Å². The van der Waals surface area contributed by atoms with Crippen LogP contribution < -0.4 is 4.90 Å². The number of aliphatic hydroxyl groups is 1. The van der Waals surface area contributed by atoms with Gasteiger partial charge in [0, 0.05) is 19.3 Å². The van der Waals surface area contributed by atoms with Crippen molar-refractivity contribution in [1.29, 1.82) is 5.26 Å². The number of nitrogens with zero attached hydrogens (tertiary/aromatic N) is 3. The van der Waals surface area contributed by atoms with E-state index in [2.05, 4.69) is 16.0 Å². The van der Waals surface area contributed by atoms with Crippen LogP contribution in [0.2, 0.25) is 0 Å². The molecule has 0 bridgehead atoms. The van der Waals surface area contributed by atoms with Crippen LogP contribution >= 0.6 is 0 Å². The monoisotopic (exact) mass is 293 g/mol. The maximum absolute atomic E-state index is 10.5. The summed E-state index contributed by atoms with van der Waals surface area (Å²) in [6, 6.07) is 15.6. The standard InChI is InChI=1S/C18H19N3O/c19-13-16-7-4-10-20-18(16)21-11-8-15(9-12-21)17(22)14-5-2-1-3-6-14/h1-7,10,15,17,22H,8-9,11-12H2. The third-order valence-electron chi connectivity index (χ3n) is 4.33. The second kappa shape index (κ2) is 6.59. The van der Waals surface area contributed by atoms with Crippen molar-refractivity contribution in [3.8, 4) is 6.07 Å². The summed E-state index contributed by atoms with van der Waals surface area (Å²) in [5.41, 5.74) is 1.60. The summed E-state index contributed by atoms with van der Waals surface area (Å²) >= 11 is 0. The van der Waals surface area contributed by atoms with Gasteiger partial charge in [-0.1, -0.05) is 30.3 Å². The Morgan fingerprint density at radius 3 is 2.55 bits per heavy atom. The summed E-state index contributed by atoms with van der Waals surface area (Å²) in [6.45, 7) is 1.64. The molecule has 1 aromatic carbocycles. The van der Waals surface area contributed by atoms with Gasteiger partial charge in [-0.3, -0.25) is 0 Å². The molecule has 1 unspecified atom stereocenters. The van der Waals surface area contributed by atoms with Crippen LogP contribution in [0.15, 0.2) is 48.7 Å². The number of pyridine rings is 1. The summed E-state index contributed by atoms with van der Waals surface area (Å²) in [6.07, 6.45) is 3.11. The van der Waals surface area contributed by atoms with E-state index in [1.54, 1.807) is 18.3 Å². The smallest absolute Gasteiger partial charge is 0.146 e. The van der Waals surface area contributed by atoms with Gasteiger partial charge in [-0.15, -0.1) is 0 Å². The van der Waals surface area contributed by atoms with Crippen LogP contribution in [0.1, 0.15) is 30.1 Å². The zero-order valence-corrected chi connectivity index (χ0v) is 12.4. The summed E-state index contributed by atoms with van der Waals surface area (Å²) in [5, 5.41) is 19.7. The lowest BCUT2D eigenvalue weighted by atomic mass is 9.87. The third kappa shape index (κ3) is 2.95. The first-order valence-corrected chi connectivity index (χ1v) is 7.62. The summed E-state index contributed by atoms with van der Waals surface area (Å²) in [7, 11) is 0. The molecule has 4 nitrogen and oxygen atoms in total. The lowest BCUT2D eigenvalue weighted by Crippen LogP contribution is -2.36. The molecule has 22 heavy (non-hydrogen) atoms. The number of rotatable bonds is 3. The van der Waals surface area contributed by atoms with E-state index < -0.39 is 6.10 Å². The maximum Gasteiger partial charge on any atom is 0.146 e. The fourth-order valence-corrected chi connectivity index (χ4v) is 3.09. The van der Waals surface area contributed by atoms with E-state index in [0.29, 0.717) is 5.56 Å². The fourth-order valence-electron chi connectivity index (χ4n) is 3.09. The van der Waals surface area contributed by atoms with Gasteiger partial charge in [-0.25, -0.2) is 4.98 Å². The van der Waals surface area contributed by atoms with Crippen molar-refractivity contribution >= 4 is 5.82 Å². The zero-order valence-electron chi connectivity index (χ0n) is 12.4. The molecular formula is C18H19N3O. The normalized spacial score (nSPS) is 17.0. The number of anilines is 1. The van der Waals surface area contributed by atoms with Gasteiger partial charge in [0.05, 0.1) is 11.7 Å². The molecule has 1 aromatic heterocycles. The van der Waals surface area contributed by atoms with Crippen LogP contribution in [0.4, 0.5) is 5.82 Å². The average Bonchev–Trinajstić information content (AvgIpc) is 2.62. The van der Waals surface area contributed by atoms with E-state index in [1.165, 1.54) is 0 Å². The van der Waals surface area contributed by atoms with Gasteiger partial charge in [0.1, 0.15) is 11.9 Å². The largest absolute Gasteiger partial charge is 0.388 e. The molecule has 1 aliphatic heterocycles. The predicted molar refractivity (Wildman–Crippen MR) is 85.3 cm³/mol. The molecule has 0 spiro atoms. The first kappa shape index (κ1) is 14.6. The Labute approximate surface area is 130 Å². The van der Waals surface area contributed by atoms with Gasteiger partial charge >= 0.3 is 0 Å². The number of hydrogen-bond donors (Lipinski definition) is 1. The SMILES string of the molecule is N#Cc1cccnc1N1CCC(C(O)c2ccccc2)CC1. The molecule has 0 amide bonds. The van der Waals surface area contributed by atoms with Crippen LogP contribution in [0.3, 0.4) is 0 Å². The van der Waals surface area contributed by atoms with Crippen LogP contribution in [0.25, 0.3) is 0 Å². The Morgan fingerprint density at radius 1 is 1.14 bits per heavy atom. The van der Waals surface area contributed by atoms with E-state index in [0.717, 1.165) is 37.3 Å². The highest BCUT2D eigenvalue weighted by Gasteiger charge is 2.27. The Kier molecular flexibility index (Phi) is 4.36. The van der Waals surface area contributed by atoms with Crippen LogP contribution in [0.5, 0.6) is 0 Å². The first-order valence-electron chi connectivity index (χ1n) is 7.62. The Bertz CT molecular complexity index is 658. The van der Waals surface area contributed by atoms with Gasteiger partial charge < -0.3 is 10.0 Å². The van der Waals surface area contributed by atoms with Gasteiger partial charge in [-0.2, -0.15) is 5.26 Å². The first-order chi connectivity index (χ1) is 10.8. The van der Waals surface area contributed by atoms with E-state index in [-0.39, 0.29) is 5.92 Å². The van der Waals surface area contributed by atoms with Crippen molar-refractivity contribution in [2.45, 2.75) is 18.9 Å². The maximum atomic E-state index is 10.5. The van der Waals surface area contributed by atoms with Crippen molar-refractivity contribution in [3.63, 3.8) is 0 Å². The fraction of sp³-hybridized carbons (Fsp3) is 0.333. The minimum Gasteiger partial charge on any atom is -0.388 e. The van der Waals surface area contributed by atoms with Crippen LogP contribution in [-0.4, -0.2) is 23.2 Å². The Balaban J connectivity index is 1.67. The molecule has 0 radical (unpaired) electrons.